The molecule has 4 nitrogen and oxygen atoms in total. The maximum Gasteiger partial charge on any atom is 0.433 e. The van der Waals surface area contributed by atoms with Crippen LogP contribution in [0.1, 0.15) is 27.3 Å². The third-order valence-electron chi connectivity index (χ3n) is 4.13. The summed E-state index contributed by atoms with van der Waals surface area (Å²) in [5.41, 5.74) is 0.280. The van der Waals surface area contributed by atoms with Crippen LogP contribution in [0.4, 0.5) is 13.2 Å². The first kappa shape index (κ1) is 17.3. The molecule has 0 bridgehead atoms. The molecule has 2 aromatic rings. The van der Waals surface area contributed by atoms with Crippen LogP contribution < -0.4 is 10.1 Å². The predicted octanol–water partition coefficient (Wildman–Crippen LogP) is 3.39. The number of ether oxygens (including phenoxy) is 1. The van der Waals surface area contributed by atoms with Gasteiger partial charge in [-0.15, -0.1) is 0 Å². The van der Waals surface area contributed by atoms with Gasteiger partial charge in [0, 0.05) is 12.5 Å². The second-order valence-electron chi connectivity index (χ2n) is 6.03. The molecule has 3 rings (SSSR count). The first-order valence-electron chi connectivity index (χ1n) is 7.88. The van der Waals surface area contributed by atoms with Crippen LogP contribution in [0.25, 0.3) is 0 Å². The number of para-hydroxylation sites is 1. The molecule has 0 saturated carbocycles. The van der Waals surface area contributed by atoms with Gasteiger partial charge in [-0.05, 0) is 37.1 Å². The van der Waals surface area contributed by atoms with Gasteiger partial charge in [-0.25, -0.2) is 4.98 Å². The van der Waals surface area contributed by atoms with Crippen molar-refractivity contribution in [3.05, 3.63) is 58.9 Å². The summed E-state index contributed by atoms with van der Waals surface area (Å²) in [4.78, 5) is 15.7. The van der Waals surface area contributed by atoms with E-state index in [0.29, 0.717) is 13.2 Å². The minimum Gasteiger partial charge on any atom is -0.493 e. The summed E-state index contributed by atoms with van der Waals surface area (Å²) >= 11 is 0. The predicted molar refractivity (Wildman–Crippen MR) is 85.4 cm³/mol. The Morgan fingerprint density at radius 1 is 1.28 bits per heavy atom. The maximum atomic E-state index is 12.6. The average molecular weight is 350 g/mol. The molecule has 25 heavy (non-hydrogen) atoms. The van der Waals surface area contributed by atoms with Crippen molar-refractivity contribution in [2.75, 3.05) is 13.2 Å². The van der Waals surface area contributed by atoms with Crippen molar-refractivity contribution in [3.8, 4) is 5.75 Å². The number of carbonyl (C=O) groups excluding carboxylic acids is 1. The lowest BCUT2D eigenvalue weighted by atomic mass is 9.96. The number of hydrogen-bond acceptors (Lipinski definition) is 3. The van der Waals surface area contributed by atoms with E-state index in [2.05, 4.69) is 10.3 Å². The number of carbonyl (C=O) groups is 1. The largest absolute Gasteiger partial charge is 0.493 e. The fourth-order valence-electron chi connectivity index (χ4n) is 2.81. The highest BCUT2D eigenvalue weighted by molar-refractivity contribution is 5.95. The SMILES string of the molecule is Cc1nc(C(F)(F)F)ccc1C(=O)NCC1COc2ccccc2C1. The number of alkyl halides is 3. The number of pyridine rings is 1. The van der Waals surface area contributed by atoms with Crippen LogP contribution in [0.2, 0.25) is 0 Å². The molecule has 7 heteroatoms. The van der Waals surface area contributed by atoms with Gasteiger partial charge in [0.2, 0.25) is 0 Å². The first-order valence-corrected chi connectivity index (χ1v) is 7.88. The zero-order valence-corrected chi connectivity index (χ0v) is 13.6. The molecular weight excluding hydrogens is 333 g/mol. The molecule has 1 amide bonds. The monoisotopic (exact) mass is 350 g/mol. The van der Waals surface area contributed by atoms with Crippen molar-refractivity contribution in [1.29, 1.82) is 0 Å². The van der Waals surface area contributed by atoms with Crippen molar-refractivity contribution in [2.45, 2.75) is 19.5 Å². The number of fused-ring (bicyclic) bond motifs is 1. The molecule has 0 saturated heterocycles. The summed E-state index contributed by atoms with van der Waals surface area (Å²) in [5.74, 6) is 0.534. The number of benzene rings is 1. The number of halogens is 3. The Morgan fingerprint density at radius 2 is 2.04 bits per heavy atom. The van der Waals surface area contributed by atoms with Crippen molar-refractivity contribution in [1.82, 2.24) is 10.3 Å². The molecule has 2 heterocycles. The minimum absolute atomic E-state index is 0.0533. The number of nitrogens with one attached hydrogen (secondary N) is 1. The molecule has 1 aromatic heterocycles. The number of nitrogens with zero attached hydrogens (tertiary/aromatic N) is 1. The number of aryl methyl sites for hydroxylation is 1. The summed E-state index contributed by atoms with van der Waals surface area (Å²) in [6.45, 7) is 2.26. The van der Waals surface area contributed by atoms with Gasteiger partial charge in [0.15, 0.2) is 0 Å². The molecule has 0 fully saturated rings. The molecule has 132 valence electrons. The second-order valence-corrected chi connectivity index (χ2v) is 6.03. The zero-order chi connectivity index (χ0) is 18.0. The van der Waals surface area contributed by atoms with E-state index in [0.717, 1.165) is 29.9 Å². The van der Waals surface area contributed by atoms with Crippen LogP contribution in [0.3, 0.4) is 0 Å². The summed E-state index contributed by atoms with van der Waals surface area (Å²) in [5, 5.41) is 2.76. The van der Waals surface area contributed by atoms with Crippen LogP contribution in [-0.4, -0.2) is 24.0 Å². The van der Waals surface area contributed by atoms with E-state index in [4.69, 9.17) is 4.74 Å². The number of hydrogen-bond donors (Lipinski definition) is 1. The Balaban J connectivity index is 1.62. The smallest absolute Gasteiger partial charge is 0.433 e. The van der Waals surface area contributed by atoms with Gasteiger partial charge in [-0.1, -0.05) is 18.2 Å². The first-order chi connectivity index (χ1) is 11.8. The van der Waals surface area contributed by atoms with E-state index in [1.807, 2.05) is 24.3 Å². The van der Waals surface area contributed by atoms with E-state index in [1.54, 1.807) is 0 Å². The lowest BCUT2D eigenvalue weighted by Crippen LogP contribution is -2.35. The molecular formula is C18H17F3N2O2. The van der Waals surface area contributed by atoms with Gasteiger partial charge in [-0.2, -0.15) is 13.2 Å². The van der Waals surface area contributed by atoms with Crippen LogP contribution in [0.5, 0.6) is 5.75 Å². The molecule has 1 aliphatic rings. The molecule has 1 unspecified atom stereocenters. The average Bonchev–Trinajstić information content (AvgIpc) is 2.58. The van der Waals surface area contributed by atoms with E-state index < -0.39 is 17.8 Å². The molecule has 0 radical (unpaired) electrons. The highest BCUT2D eigenvalue weighted by Crippen LogP contribution is 2.28. The summed E-state index contributed by atoms with van der Waals surface area (Å²) in [7, 11) is 0. The standard InChI is InChI=1S/C18H17F3N2O2/c1-11-14(6-7-16(23-11)18(19,20)21)17(24)22-9-12-8-13-4-2-3-5-15(13)25-10-12/h2-7,12H,8-10H2,1H3,(H,22,24). The lowest BCUT2D eigenvalue weighted by molar-refractivity contribution is -0.141. The fraction of sp³-hybridized carbons (Fsp3) is 0.333. The molecule has 1 N–H and O–H groups in total. The Bertz CT molecular complexity index is 790. The van der Waals surface area contributed by atoms with Crippen LogP contribution >= 0.6 is 0 Å². The molecule has 1 aromatic carbocycles. The van der Waals surface area contributed by atoms with Crippen molar-refractivity contribution >= 4 is 5.91 Å². The highest BCUT2D eigenvalue weighted by atomic mass is 19.4. The fourth-order valence-corrected chi connectivity index (χ4v) is 2.81. The van der Waals surface area contributed by atoms with Crippen LogP contribution in [-0.2, 0) is 12.6 Å². The molecule has 1 aliphatic heterocycles. The Kier molecular flexibility index (Phi) is 4.65. The topological polar surface area (TPSA) is 51.2 Å². The second kappa shape index (κ2) is 6.74. The van der Waals surface area contributed by atoms with Crippen molar-refractivity contribution in [3.63, 3.8) is 0 Å². The normalized spacial score (nSPS) is 16.7. The Hall–Kier alpha value is -2.57. The van der Waals surface area contributed by atoms with Gasteiger partial charge in [-0.3, -0.25) is 4.79 Å². The van der Waals surface area contributed by atoms with Crippen molar-refractivity contribution < 1.29 is 22.7 Å². The van der Waals surface area contributed by atoms with Crippen LogP contribution in [0.15, 0.2) is 36.4 Å². The summed E-state index contributed by atoms with van der Waals surface area (Å²) in [6.07, 6.45) is -3.74. The highest BCUT2D eigenvalue weighted by Gasteiger charge is 2.33. The van der Waals surface area contributed by atoms with Crippen LogP contribution in [0, 0.1) is 12.8 Å². The van der Waals surface area contributed by atoms with Gasteiger partial charge < -0.3 is 10.1 Å². The van der Waals surface area contributed by atoms with Gasteiger partial charge >= 0.3 is 6.18 Å². The Morgan fingerprint density at radius 3 is 2.76 bits per heavy atom. The maximum absolute atomic E-state index is 12.6. The molecule has 0 aliphatic carbocycles. The lowest BCUT2D eigenvalue weighted by Gasteiger charge is -2.25. The summed E-state index contributed by atoms with van der Waals surface area (Å²) in [6, 6.07) is 9.70. The molecule has 0 spiro atoms. The minimum atomic E-state index is -4.52. The Labute approximate surface area is 143 Å². The van der Waals surface area contributed by atoms with E-state index in [9.17, 15) is 18.0 Å². The van der Waals surface area contributed by atoms with Gasteiger partial charge in [0.05, 0.1) is 17.9 Å². The van der Waals surface area contributed by atoms with E-state index in [-0.39, 0.29) is 17.2 Å². The van der Waals surface area contributed by atoms with Crippen molar-refractivity contribution in [2.24, 2.45) is 5.92 Å². The zero-order valence-electron chi connectivity index (χ0n) is 13.6. The number of aromatic nitrogens is 1. The third kappa shape index (κ3) is 3.92. The number of amides is 1. The third-order valence-corrected chi connectivity index (χ3v) is 4.13. The quantitative estimate of drug-likeness (QED) is 0.923. The van der Waals surface area contributed by atoms with Gasteiger partial charge in [0.25, 0.3) is 5.91 Å². The summed E-state index contributed by atoms with van der Waals surface area (Å²) < 4.78 is 43.6. The molecule has 1 atom stereocenters. The van der Waals surface area contributed by atoms with Gasteiger partial charge in [0.1, 0.15) is 11.4 Å². The van der Waals surface area contributed by atoms with E-state index >= 15 is 0 Å². The van der Waals surface area contributed by atoms with E-state index in [1.165, 1.54) is 6.92 Å². The number of rotatable bonds is 3.